The second-order valence-electron chi connectivity index (χ2n) is 4.55. The van der Waals surface area contributed by atoms with Gasteiger partial charge in [0, 0.05) is 20.1 Å². The lowest BCUT2D eigenvalue weighted by atomic mass is 10.3. The lowest BCUT2D eigenvalue weighted by Crippen LogP contribution is -2.36. The Hall–Kier alpha value is -0.880. The van der Waals surface area contributed by atoms with E-state index in [4.69, 9.17) is 0 Å². The van der Waals surface area contributed by atoms with Crippen LogP contribution in [0.2, 0.25) is 0 Å². The van der Waals surface area contributed by atoms with Gasteiger partial charge in [-0.15, -0.1) is 0 Å². The van der Waals surface area contributed by atoms with Crippen LogP contribution in [0.15, 0.2) is 4.47 Å². The number of carbonyl (C=O) groups excluding carboxylic acids is 1. The van der Waals surface area contributed by atoms with Gasteiger partial charge in [0.05, 0.1) is 22.4 Å². The van der Waals surface area contributed by atoms with Gasteiger partial charge < -0.3 is 5.32 Å². The van der Waals surface area contributed by atoms with Crippen LogP contribution in [0, 0.1) is 6.92 Å². The quantitative estimate of drug-likeness (QED) is 0.831. The fourth-order valence-corrected chi connectivity index (χ4v) is 2.45. The van der Waals surface area contributed by atoms with Crippen LogP contribution in [0.4, 0.5) is 0 Å². The largest absolute Gasteiger partial charge is 0.358 e. The molecule has 1 aromatic heterocycles. The Balaban J connectivity index is 2.86. The maximum atomic E-state index is 11.5. The summed E-state index contributed by atoms with van der Waals surface area (Å²) in [6.07, 6.45) is 1.02. The molecule has 6 heteroatoms. The molecule has 1 rings (SSSR count). The van der Waals surface area contributed by atoms with Crippen LogP contribution in [-0.2, 0) is 17.9 Å². The first-order valence-corrected chi connectivity index (χ1v) is 7.47. The second-order valence-corrected chi connectivity index (χ2v) is 5.34. The summed E-state index contributed by atoms with van der Waals surface area (Å²) in [6, 6.07) is 0. The van der Waals surface area contributed by atoms with Gasteiger partial charge in [-0.05, 0) is 42.7 Å². The van der Waals surface area contributed by atoms with Crippen LogP contribution in [0.1, 0.15) is 31.7 Å². The summed E-state index contributed by atoms with van der Waals surface area (Å²) < 4.78 is 3.04. The van der Waals surface area contributed by atoms with E-state index in [-0.39, 0.29) is 5.91 Å². The molecule has 0 radical (unpaired) electrons. The molecule has 1 aromatic rings. The number of aryl methyl sites for hydroxylation is 2. The molecule has 0 atom stereocenters. The zero-order valence-corrected chi connectivity index (χ0v) is 13.7. The van der Waals surface area contributed by atoms with Gasteiger partial charge in [-0.3, -0.25) is 14.4 Å². The maximum absolute atomic E-state index is 11.5. The first kappa shape index (κ1) is 16.2. The van der Waals surface area contributed by atoms with E-state index in [1.807, 2.05) is 11.6 Å². The minimum Gasteiger partial charge on any atom is -0.358 e. The Labute approximate surface area is 123 Å². The molecule has 0 aliphatic rings. The first-order chi connectivity index (χ1) is 9.03. The maximum Gasteiger partial charge on any atom is 0.233 e. The molecule has 0 bridgehead atoms. The second kappa shape index (κ2) is 7.65. The predicted molar refractivity (Wildman–Crippen MR) is 80.0 cm³/mol. The van der Waals surface area contributed by atoms with E-state index in [0.717, 1.165) is 41.9 Å². The standard InChI is InChI=1S/C13H23BrN4O/c1-5-7-17(9-12(19)15-4)8-11-13(14)10(3)16-18(11)6-2/h5-9H2,1-4H3,(H,15,19). The predicted octanol–water partition coefficient (Wildman–Crippen LogP) is 1.93. The highest BCUT2D eigenvalue weighted by atomic mass is 79.9. The van der Waals surface area contributed by atoms with E-state index in [9.17, 15) is 4.79 Å². The Morgan fingerprint density at radius 2 is 2.16 bits per heavy atom. The third-order valence-corrected chi connectivity index (χ3v) is 4.04. The normalized spacial score (nSPS) is 11.1. The van der Waals surface area contributed by atoms with Crippen molar-refractivity contribution >= 4 is 21.8 Å². The number of rotatable bonds is 7. The molecule has 1 amide bonds. The Morgan fingerprint density at radius 3 is 2.68 bits per heavy atom. The van der Waals surface area contributed by atoms with Crippen LogP contribution >= 0.6 is 15.9 Å². The molecule has 19 heavy (non-hydrogen) atoms. The lowest BCUT2D eigenvalue weighted by Gasteiger charge is -2.21. The Morgan fingerprint density at radius 1 is 1.47 bits per heavy atom. The topological polar surface area (TPSA) is 50.2 Å². The highest BCUT2D eigenvalue weighted by Gasteiger charge is 2.17. The zero-order chi connectivity index (χ0) is 14.4. The van der Waals surface area contributed by atoms with Crippen molar-refractivity contribution in [1.29, 1.82) is 0 Å². The van der Waals surface area contributed by atoms with Gasteiger partial charge in [0.15, 0.2) is 0 Å². The molecule has 0 saturated carbocycles. The van der Waals surface area contributed by atoms with Crippen molar-refractivity contribution in [3.05, 3.63) is 15.9 Å². The fourth-order valence-electron chi connectivity index (χ4n) is 2.04. The summed E-state index contributed by atoms with van der Waals surface area (Å²) in [7, 11) is 1.67. The molecule has 0 unspecified atom stereocenters. The minimum atomic E-state index is 0.0452. The van der Waals surface area contributed by atoms with Crippen molar-refractivity contribution in [3.8, 4) is 0 Å². The van der Waals surface area contributed by atoms with E-state index in [0.29, 0.717) is 6.54 Å². The summed E-state index contributed by atoms with van der Waals surface area (Å²) in [4.78, 5) is 13.7. The molecular weight excluding hydrogens is 308 g/mol. The van der Waals surface area contributed by atoms with E-state index in [1.54, 1.807) is 7.05 Å². The van der Waals surface area contributed by atoms with Gasteiger partial charge in [0.1, 0.15) is 0 Å². The zero-order valence-electron chi connectivity index (χ0n) is 12.2. The SMILES string of the molecule is CCCN(CC(=O)NC)Cc1c(Br)c(C)nn1CC. The summed E-state index contributed by atoms with van der Waals surface area (Å²) in [6.45, 7) is 9.07. The lowest BCUT2D eigenvalue weighted by molar-refractivity contribution is -0.121. The Kier molecular flexibility index (Phi) is 6.51. The summed E-state index contributed by atoms with van der Waals surface area (Å²) in [5.74, 6) is 0.0452. The average Bonchev–Trinajstić information content (AvgIpc) is 2.66. The van der Waals surface area contributed by atoms with Crippen molar-refractivity contribution in [2.75, 3.05) is 20.1 Å². The van der Waals surface area contributed by atoms with Crippen molar-refractivity contribution in [1.82, 2.24) is 20.0 Å². The van der Waals surface area contributed by atoms with E-state index >= 15 is 0 Å². The summed E-state index contributed by atoms with van der Waals surface area (Å²) >= 11 is 3.59. The third kappa shape index (κ3) is 4.31. The van der Waals surface area contributed by atoms with Crippen LogP contribution in [-0.4, -0.2) is 40.7 Å². The molecular formula is C13H23BrN4O. The number of likely N-dealkylation sites (N-methyl/N-ethyl adjacent to an activating group) is 1. The van der Waals surface area contributed by atoms with Gasteiger partial charge in [0.25, 0.3) is 0 Å². The van der Waals surface area contributed by atoms with Crippen LogP contribution in [0.25, 0.3) is 0 Å². The molecule has 0 fully saturated rings. The summed E-state index contributed by atoms with van der Waals surface area (Å²) in [5, 5.41) is 7.16. The van der Waals surface area contributed by atoms with Crippen LogP contribution < -0.4 is 5.32 Å². The van der Waals surface area contributed by atoms with Gasteiger partial charge in [-0.1, -0.05) is 6.92 Å². The number of amides is 1. The van der Waals surface area contributed by atoms with Crippen molar-refractivity contribution < 1.29 is 4.79 Å². The van der Waals surface area contributed by atoms with E-state index < -0.39 is 0 Å². The smallest absolute Gasteiger partial charge is 0.233 e. The van der Waals surface area contributed by atoms with Gasteiger partial charge in [-0.25, -0.2) is 0 Å². The number of aromatic nitrogens is 2. The molecule has 0 saturated heterocycles. The van der Waals surface area contributed by atoms with Crippen molar-refractivity contribution in [2.45, 2.75) is 40.3 Å². The van der Waals surface area contributed by atoms with Crippen molar-refractivity contribution in [2.24, 2.45) is 0 Å². The number of hydrogen-bond donors (Lipinski definition) is 1. The van der Waals surface area contributed by atoms with E-state index in [2.05, 4.69) is 45.1 Å². The van der Waals surface area contributed by atoms with Gasteiger partial charge in [-0.2, -0.15) is 5.10 Å². The molecule has 5 nitrogen and oxygen atoms in total. The number of hydrogen-bond acceptors (Lipinski definition) is 3. The number of carbonyl (C=O) groups is 1. The third-order valence-electron chi connectivity index (χ3n) is 3.01. The van der Waals surface area contributed by atoms with E-state index in [1.165, 1.54) is 0 Å². The Bertz CT molecular complexity index is 431. The summed E-state index contributed by atoms with van der Waals surface area (Å²) in [5.41, 5.74) is 2.13. The van der Waals surface area contributed by atoms with Crippen LogP contribution in [0.5, 0.6) is 0 Å². The molecule has 1 heterocycles. The molecule has 1 N–H and O–H groups in total. The monoisotopic (exact) mass is 330 g/mol. The highest BCUT2D eigenvalue weighted by molar-refractivity contribution is 9.10. The van der Waals surface area contributed by atoms with Gasteiger partial charge >= 0.3 is 0 Å². The molecule has 0 aliphatic carbocycles. The average molecular weight is 331 g/mol. The molecule has 0 spiro atoms. The molecule has 108 valence electrons. The van der Waals surface area contributed by atoms with Crippen LogP contribution in [0.3, 0.4) is 0 Å². The highest BCUT2D eigenvalue weighted by Crippen LogP contribution is 2.22. The molecule has 0 aliphatic heterocycles. The number of halogens is 1. The van der Waals surface area contributed by atoms with Gasteiger partial charge in [0.2, 0.25) is 5.91 Å². The van der Waals surface area contributed by atoms with Crippen molar-refractivity contribution in [3.63, 3.8) is 0 Å². The first-order valence-electron chi connectivity index (χ1n) is 6.68. The number of nitrogens with zero attached hydrogens (tertiary/aromatic N) is 3. The fraction of sp³-hybridized carbons (Fsp3) is 0.692. The number of nitrogens with one attached hydrogen (secondary N) is 1. The minimum absolute atomic E-state index is 0.0452. The molecule has 0 aromatic carbocycles.